The van der Waals surface area contributed by atoms with E-state index in [4.69, 9.17) is 17.3 Å². The summed E-state index contributed by atoms with van der Waals surface area (Å²) in [5.41, 5.74) is 7.32. The van der Waals surface area contributed by atoms with Crippen molar-refractivity contribution in [3.05, 3.63) is 20.8 Å². The van der Waals surface area contributed by atoms with Gasteiger partial charge >= 0.3 is 0 Å². The third kappa shape index (κ3) is 1.10. The van der Waals surface area contributed by atoms with E-state index in [1.165, 1.54) is 10.4 Å². The summed E-state index contributed by atoms with van der Waals surface area (Å²) in [6, 6.07) is 2.27. The molecular formula is C8H10ClNS. The van der Waals surface area contributed by atoms with E-state index in [-0.39, 0.29) is 6.04 Å². The van der Waals surface area contributed by atoms with E-state index in [0.717, 1.165) is 10.8 Å². The van der Waals surface area contributed by atoms with Gasteiger partial charge in [-0.3, -0.25) is 0 Å². The zero-order chi connectivity index (χ0) is 8.01. The molecule has 0 bridgehead atoms. The maximum Gasteiger partial charge on any atom is 0.0934 e. The van der Waals surface area contributed by atoms with Crippen molar-refractivity contribution < 1.29 is 0 Å². The molecular weight excluding hydrogens is 178 g/mol. The molecule has 0 saturated heterocycles. The second-order valence-corrected chi connectivity index (χ2v) is 4.86. The van der Waals surface area contributed by atoms with Crippen LogP contribution in [0.2, 0.25) is 4.34 Å². The van der Waals surface area contributed by atoms with E-state index in [2.05, 4.69) is 6.92 Å². The maximum atomic E-state index is 5.95. The van der Waals surface area contributed by atoms with Crippen molar-refractivity contribution in [1.29, 1.82) is 0 Å². The van der Waals surface area contributed by atoms with Crippen LogP contribution in [0.4, 0.5) is 0 Å². The highest BCUT2D eigenvalue weighted by Gasteiger charge is 2.28. The highest BCUT2D eigenvalue weighted by molar-refractivity contribution is 7.16. The second-order valence-electron chi connectivity index (χ2n) is 3.15. The van der Waals surface area contributed by atoms with Gasteiger partial charge in [-0.25, -0.2) is 0 Å². The lowest BCUT2D eigenvalue weighted by Crippen LogP contribution is -2.12. The van der Waals surface area contributed by atoms with Crippen molar-refractivity contribution in [2.75, 3.05) is 0 Å². The Hall–Kier alpha value is -0.0500. The van der Waals surface area contributed by atoms with Crippen molar-refractivity contribution in [3.8, 4) is 0 Å². The van der Waals surface area contributed by atoms with Crippen molar-refractivity contribution in [3.63, 3.8) is 0 Å². The van der Waals surface area contributed by atoms with Gasteiger partial charge < -0.3 is 5.73 Å². The quantitative estimate of drug-likeness (QED) is 0.664. The zero-order valence-electron chi connectivity index (χ0n) is 6.30. The fraction of sp³-hybridized carbons (Fsp3) is 0.500. The van der Waals surface area contributed by atoms with Crippen molar-refractivity contribution in [2.45, 2.75) is 19.4 Å². The highest BCUT2D eigenvalue weighted by atomic mass is 35.5. The molecule has 11 heavy (non-hydrogen) atoms. The molecule has 2 atom stereocenters. The number of thiophene rings is 1. The molecule has 2 rings (SSSR count). The van der Waals surface area contributed by atoms with Gasteiger partial charge in [0.2, 0.25) is 0 Å². The van der Waals surface area contributed by atoms with Gasteiger partial charge in [-0.05, 0) is 24.0 Å². The SMILES string of the molecule is CC1Cc2cc(Cl)sc2C1N. The molecule has 1 nitrogen and oxygen atoms in total. The molecule has 0 amide bonds. The van der Waals surface area contributed by atoms with Crippen LogP contribution in [-0.4, -0.2) is 0 Å². The molecule has 0 aromatic carbocycles. The monoisotopic (exact) mass is 187 g/mol. The fourth-order valence-corrected chi connectivity index (χ4v) is 3.02. The average molecular weight is 188 g/mol. The zero-order valence-corrected chi connectivity index (χ0v) is 7.88. The minimum Gasteiger partial charge on any atom is -0.323 e. The maximum absolute atomic E-state index is 5.95. The van der Waals surface area contributed by atoms with Gasteiger partial charge in [0.25, 0.3) is 0 Å². The molecule has 0 spiro atoms. The Labute approximate surface area is 75.2 Å². The first-order valence-electron chi connectivity index (χ1n) is 3.72. The summed E-state index contributed by atoms with van der Waals surface area (Å²) < 4.78 is 0.873. The number of hydrogen-bond donors (Lipinski definition) is 1. The minimum atomic E-state index is 0.225. The summed E-state index contributed by atoms with van der Waals surface area (Å²) in [7, 11) is 0. The highest BCUT2D eigenvalue weighted by Crippen LogP contribution is 2.41. The van der Waals surface area contributed by atoms with Crippen LogP contribution in [0.5, 0.6) is 0 Å². The summed E-state index contributed by atoms with van der Waals surface area (Å²) >= 11 is 7.48. The van der Waals surface area contributed by atoms with Gasteiger partial charge in [-0.1, -0.05) is 18.5 Å². The van der Waals surface area contributed by atoms with Crippen molar-refractivity contribution in [1.82, 2.24) is 0 Å². The molecule has 1 aromatic rings. The van der Waals surface area contributed by atoms with Crippen LogP contribution in [0.3, 0.4) is 0 Å². The predicted molar refractivity (Wildman–Crippen MR) is 49.1 cm³/mol. The van der Waals surface area contributed by atoms with Gasteiger partial charge in [-0.15, -0.1) is 11.3 Å². The molecule has 1 aliphatic carbocycles. The smallest absolute Gasteiger partial charge is 0.0934 e. The van der Waals surface area contributed by atoms with Crippen molar-refractivity contribution >= 4 is 22.9 Å². The van der Waals surface area contributed by atoms with Gasteiger partial charge in [-0.2, -0.15) is 0 Å². The lowest BCUT2D eigenvalue weighted by atomic mass is 10.1. The number of fused-ring (bicyclic) bond motifs is 1. The lowest BCUT2D eigenvalue weighted by Gasteiger charge is -2.07. The molecule has 0 fully saturated rings. The summed E-state index contributed by atoms with van der Waals surface area (Å²) in [5.74, 6) is 0.591. The second kappa shape index (κ2) is 2.47. The van der Waals surface area contributed by atoms with Crippen LogP contribution >= 0.6 is 22.9 Å². The van der Waals surface area contributed by atoms with E-state index < -0.39 is 0 Å². The van der Waals surface area contributed by atoms with E-state index >= 15 is 0 Å². The Bertz CT molecular complexity index is 282. The third-order valence-electron chi connectivity index (χ3n) is 2.27. The standard InChI is InChI=1S/C8H10ClNS/c1-4-2-5-3-6(9)11-8(5)7(4)10/h3-4,7H,2,10H2,1H3. The van der Waals surface area contributed by atoms with Crippen molar-refractivity contribution in [2.24, 2.45) is 11.7 Å². The Morgan fingerprint density at radius 2 is 2.45 bits per heavy atom. The molecule has 1 heterocycles. The average Bonchev–Trinajstić information content (AvgIpc) is 2.37. The third-order valence-corrected chi connectivity index (χ3v) is 3.68. The molecule has 0 aliphatic heterocycles. The number of nitrogens with two attached hydrogens (primary N) is 1. The Morgan fingerprint density at radius 3 is 3.09 bits per heavy atom. The van der Waals surface area contributed by atoms with Crippen LogP contribution in [0, 0.1) is 5.92 Å². The van der Waals surface area contributed by atoms with Crippen LogP contribution in [0.25, 0.3) is 0 Å². The first-order chi connectivity index (χ1) is 5.18. The van der Waals surface area contributed by atoms with Gasteiger partial charge in [0, 0.05) is 10.9 Å². The number of halogens is 1. The van der Waals surface area contributed by atoms with Crippen LogP contribution in [-0.2, 0) is 6.42 Å². The number of hydrogen-bond acceptors (Lipinski definition) is 2. The Kier molecular flexibility index (Phi) is 1.71. The molecule has 0 saturated carbocycles. The summed E-state index contributed by atoms with van der Waals surface area (Å²) in [5, 5.41) is 0. The van der Waals surface area contributed by atoms with Crippen LogP contribution < -0.4 is 5.73 Å². The Balaban J connectivity index is 2.44. The van der Waals surface area contributed by atoms with E-state index in [1.807, 2.05) is 6.07 Å². The molecule has 60 valence electrons. The minimum absolute atomic E-state index is 0.225. The molecule has 1 aromatic heterocycles. The molecule has 0 radical (unpaired) electrons. The first kappa shape index (κ1) is 7.59. The van der Waals surface area contributed by atoms with E-state index in [0.29, 0.717) is 5.92 Å². The summed E-state index contributed by atoms with van der Waals surface area (Å²) in [6.07, 6.45) is 1.10. The molecule has 1 aliphatic rings. The van der Waals surface area contributed by atoms with Gasteiger partial charge in [0.1, 0.15) is 0 Å². The Morgan fingerprint density at radius 1 is 1.73 bits per heavy atom. The van der Waals surface area contributed by atoms with Gasteiger partial charge in [0.05, 0.1) is 4.34 Å². The van der Waals surface area contributed by atoms with Crippen LogP contribution in [0.15, 0.2) is 6.07 Å². The van der Waals surface area contributed by atoms with E-state index in [1.54, 1.807) is 11.3 Å². The van der Waals surface area contributed by atoms with Crippen LogP contribution in [0.1, 0.15) is 23.4 Å². The normalized spacial score (nSPS) is 29.0. The fourth-order valence-electron chi connectivity index (χ4n) is 1.58. The largest absolute Gasteiger partial charge is 0.323 e. The molecule has 3 heteroatoms. The van der Waals surface area contributed by atoms with Gasteiger partial charge in [0.15, 0.2) is 0 Å². The summed E-state index contributed by atoms with van der Waals surface area (Å²) in [4.78, 5) is 1.29. The topological polar surface area (TPSA) is 26.0 Å². The summed E-state index contributed by atoms with van der Waals surface area (Å²) in [6.45, 7) is 2.19. The lowest BCUT2D eigenvalue weighted by molar-refractivity contribution is 0.516. The first-order valence-corrected chi connectivity index (χ1v) is 4.91. The van der Waals surface area contributed by atoms with E-state index in [9.17, 15) is 0 Å². The number of rotatable bonds is 0. The molecule has 2 unspecified atom stereocenters. The predicted octanol–water partition coefficient (Wildman–Crippen LogP) is 2.59. The molecule has 2 N–H and O–H groups in total.